The van der Waals surface area contributed by atoms with E-state index in [4.69, 9.17) is 26.1 Å². The van der Waals surface area contributed by atoms with Crippen molar-refractivity contribution in [1.82, 2.24) is 19.7 Å². The summed E-state index contributed by atoms with van der Waals surface area (Å²) in [5, 5.41) is 10.6. The Morgan fingerprint density at radius 3 is 2.64 bits per heavy atom. The minimum absolute atomic E-state index is 0.00257. The summed E-state index contributed by atoms with van der Waals surface area (Å²) in [4.78, 5) is 39.4. The first-order valence-corrected chi connectivity index (χ1v) is 14.6. The Morgan fingerprint density at radius 1 is 1.17 bits per heavy atom. The molecule has 4 aliphatic heterocycles. The van der Waals surface area contributed by atoms with Gasteiger partial charge in [0.25, 0.3) is 5.91 Å². The molecule has 2 atom stereocenters. The zero-order chi connectivity index (χ0) is 29.8. The summed E-state index contributed by atoms with van der Waals surface area (Å²) in [6.45, 7) is 12.3. The van der Waals surface area contributed by atoms with E-state index in [9.17, 15) is 14.7 Å². The molecule has 0 radical (unpaired) electrons. The summed E-state index contributed by atoms with van der Waals surface area (Å²) in [5.74, 6) is -1.10. The number of halogens is 2. The highest BCUT2D eigenvalue weighted by molar-refractivity contribution is 6.35. The molecule has 42 heavy (non-hydrogen) atoms. The molecule has 0 aliphatic carbocycles. The van der Waals surface area contributed by atoms with Crippen molar-refractivity contribution in [3.8, 4) is 22.8 Å². The summed E-state index contributed by atoms with van der Waals surface area (Å²) in [5.41, 5.74) is -0.370. The summed E-state index contributed by atoms with van der Waals surface area (Å²) in [7, 11) is 0. The second-order valence-corrected chi connectivity index (χ2v) is 12.2. The first-order valence-electron chi connectivity index (χ1n) is 14.3. The number of piperazine rings is 1. The Labute approximate surface area is 249 Å². The quantitative estimate of drug-likeness (QED) is 0.535. The predicted molar refractivity (Wildman–Crippen MR) is 156 cm³/mol. The largest absolute Gasteiger partial charge is 0.507 e. The van der Waals surface area contributed by atoms with Gasteiger partial charge in [-0.25, -0.2) is 9.37 Å². The number of aromatic nitrogens is 1. The summed E-state index contributed by atoms with van der Waals surface area (Å²) in [6.07, 6.45) is 2.07. The van der Waals surface area contributed by atoms with Gasteiger partial charge < -0.3 is 29.3 Å². The van der Waals surface area contributed by atoms with Crippen molar-refractivity contribution < 1.29 is 28.6 Å². The highest BCUT2D eigenvalue weighted by Crippen LogP contribution is 2.48. The van der Waals surface area contributed by atoms with Crippen molar-refractivity contribution in [2.24, 2.45) is 0 Å². The maximum Gasteiger partial charge on any atom is 0.261 e. The van der Waals surface area contributed by atoms with Gasteiger partial charge in [-0.15, -0.1) is 0 Å². The van der Waals surface area contributed by atoms with E-state index in [-0.39, 0.29) is 64.4 Å². The van der Waals surface area contributed by atoms with E-state index in [1.54, 1.807) is 9.80 Å². The fraction of sp³-hybridized carbons (Fsp3) is 0.500. The van der Waals surface area contributed by atoms with Gasteiger partial charge in [-0.1, -0.05) is 24.2 Å². The summed E-state index contributed by atoms with van der Waals surface area (Å²) in [6, 6.07) is 3.75. The van der Waals surface area contributed by atoms with Crippen LogP contribution in [0.4, 0.5) is 10.2 Å². The van der Waals surface area contributed by atoms with E-state index in [2.05, 4.69) is 30.2 Å². The highest BCUT2D eigenvalue weighted by Gasteiger charge is 2.46. The first kappa shape index (κ1) is 28.7. The smallest absolute Gasteiger partial charge is 0.261 e. The second-order valence-electron chi connectivity index (χ2n) is 11.8. The molecule has 5 heterocycles. The van der Waals surface area contributed by atoms with Gasteiger partial charge >= 0.3 is 0 Å². The van der Waals surface area contributed by atoms with Crippen LogP contribution in [0.3, 0.4) is 0 Å². The number of anilines is 1. The molecule has 1 unspecified atom stereocenters. The Morgan fingerprint density at radius 2 is 1.93 bits per heavy atom. The number of benzene rings is 1. The lowest BCUT2D eigenvalue weighted by atomic mass is 9.98. The molecule has 2 amide bonds. The molecule has 2 aromatic rings. The molecule has 0 spiro atoms. The number of amides is 2. The van der Waals surface area contributed by atoms with Crippen molar-refractivity contribution >= 4 is 29.2 Å². The Hall–Kier alpha value is -3.41. The highest BCUT2D eigenvalue weighted by atomic mass is 35.5. The average Bonchev–Trinajstić information content (AvgIpc) is 3.22. The third-order valence-electron chi connectivity index (χ3n) is 8.84. The van der Waals surface area contributed by atoms with Crippen LogP contribution in [-0.2, 0) is 9.53 Å². The monoisotopic (exact) mass is 599 g/mol. The van der Waals surface area contributed by atoms with Gasteiger partial charge in [0, 0.05) is 50.8 Å². The summed E-state index contributed by atoms with van der Waals surface area (Å²) < 4.78 is 27.1. The van der Waals surface area contributed by atoms with Crippen molar-refractivity contribution in [1.29, 1.82) is 0 Å². The van der Waals surface area contributed by atoms with Crippen LogP contribution in [0.15, 0.2) is 30.9 Å². The molecule has 0 saturated carbocycles. The molecule has 1 N–H and O–H groups in total. The number of hydrogen-bond donors (Lipinski definition) is 1. The van der Waals surface area contributed by atoms with Crippen molar-refractivity contribution in [3.05, 3.63) is 47.3 Å². The maximum atomic E-state index is 15.2. The van der Waals surface area contributed by atoms with Crippen LogP contribution in [0, 0.1) is 5.82 Å². The van der Waals surface area contributed by atoms with E-state index >= 15 is 4.39 Å². The lowest BCUT2D eigenvalue weighted by molar-refractivity contribution is -0.128. The zero-order valence-corrected chi connectivity index (χ0v) is 24.6. The minimum atomic E-state index is -0.696. The Kier molecular flexibility index (Phi) is 7.53. The number of phenolic OH excluding ortho intramolecular Hbond substituents is 1. The van der Waals surface area contributed by atoms with E-state index < -0.39 is 17.4 Å². The third-order valence-corrected chi connectivity index (χ3v) is 9.20. The van der Waals surface area contributed by atoms with Gasteiger partial charge in [-0.3, -0.25) is 14.5 Å². The molecule has 1 aromatic carbocycles. The van der Waals surface area contributed by atoms with Crippen LogP contribution in [0.1, 0.15) is 30.6 Å². The molecular formula is C30H35ClFN5O5. The molecule has 3 fully saturated rings. The molecule has 4 aliphatic rings. The van der Waals surface area contributed by atoms with Crippen LogP contribution in [0.25, 0.3) is 11.3 Å². The van der Waals surface area contributed by atoms with E-state index in [0.29, 0.717) is 38.7 Å². The molecule has 3 saturated heterocycles. The minimum Gasteiger partial charge on any atom is -0.507 e. The van der Waals surface area contributed by atoms with Gasteiger partial charge in [0.05, 0.1) is 24.8 Å². The van der Waals surface area contributed by atoms with Crippen LogP contribution in [0.5, 0.6) is 11.5 Å². The van der Waals surface area contributed by atoms with Gasteiger partial charge in [-0.2, -0.15) is 0 Å². The standard InChI is InChI=1S/C30H35ClFN5O5/c1-4-22(39)35-8-9-36-19(15-35)17-42-27-24(29(36)40)28(33-26(25(27)31)23-20(32)6-5-7-21(23)38)37-16-18(14-30(37,2)3)34-10-12-41-13-11-34/h4-7,18-19,38H,1,8-17H2,2-3H3/t18-,19?/m0/s1. The first-order chi connectivity index (χ1) is 20.1. The number of pyridine rings is 1. The van der Waals surface area contributed by atoms with Crippen molar-refractivity contribution in [3.63, 3.8) is 0 Å². The topological polar surface area (TPSA) is 98.7 Å². The number of morpholine rings is 1. The average molecular weight is 600 g/mol. The van der Waals surface area contributed by atoms with Crippen LogP contribution in [0.2, 0.25) is 5.02 Å². The van der Waals surface area contributed by atoms with Crippen LogP contribution >= 0.6 is 11.6 Å². The summed E-state index contributed by atoms with van der Waals surface area (Å²) >= 11 is 6.89. The molecule has 12 heteroatoms. The Balaban J connectivity index is 1.49. The number of rotatable bonds is 4. The lowest BCUT2D eigenvalue weighted by Gasteiger charge is -2.40. The fourth-order valence-electron chi connectivity index (χ4n) is 6.65. The fourth-order valence-corrected chi connectivity index (χ4v) is 6.94. The van der Waals surface area contributed by atoms with Crippen LogP contribution < -0.4 is 9.64 Å². The number of hydrogen-bond acceptors (Lipinski definition) is 8. The maximum absolute atomic E-state index is 15.2. The van der Waals surface area contributed by atoms with Gasteiger partial charge in [-0.05, 0) is 38.5 Å². The van der Waals surface area contributed by atoms with Gasteiger partial charge in [0.15, 0.2) is 5.75 Å². The normalized spacial score (nSPS) is 24.1. The predicted octanol–water partition coefficient (Wildman–Crippen LogP) is 3.17. The van der Waals surface area contributed by atoms with Crippen molar-refractivity contribution in [2.75, 3.05) is 64.0 Å². The number of carbonyl (C=O) groups excluding carboxylic acids is 2. The number of ether oxygens (including phenoxy) is 2. The number of nitrogens with zero attached hydrogens (tertiary/aromatic N) is 5. The lowest BCUT2D eigenvalue weighted by Crippen LogP contribution is -2.57. The van der Waals surface area contributed by atoms with Gasteiger partial charge in [0.2, 0.25) is 5.91 Å². The van der Waals surface area contributed by atoms with Gasteiger partial charge in [0.1, 0.15) is 40.3 Å². The SMILES string of the molecule is C=CC(=O)N1CCN2C(=O)c3c(N4C[C@@H](N5CCOCC5)CC4(C)C)nc(-c4c(O)cccc4F)c(Cl)c3OCC2C1. The van der Waals surface area contributed by atoms with E-state index in [0.717, 1.165) is 19.5 Å². The van der Waals surface area contributed by atoms with Crippen LogP contribution in [-0.4, -0.2) is 113 Å². The molecular weight excluding hydrogens is 565 g/mol. The number of phenols is 1. The zero-order valence-electron chi connectivity index (χ0n) is 23.8. The molecule has 0 bridgehead atoms. The van der Waals surface area contributed by atoms with E-state index in [1.165, 1.54) is 24.3 Å². The molecule has 6 rings (SSSR count). The third kappa shape index (κ3) is 4.87. The number of aromatic hydroxyl groups is 1. The number of fused-ring (bicyclic) bond motifs is 2. The Bertz CT molecular complexity index is 1410. The van der Waals surface area contributed by atoms with E-state index in [1.807, 2.05) is 0 Å². The second kappa shape index (κ2) is 11.0. The molecule has 224 valence electrons. The molecule has 10 nitrogen and oxygen atoms in total. The number of carbonyl (C=O) groups is 2. The van der Waals surface area contributed by atoms with Crippen molar-refractivity contribution in [2.45, 2.75) is 37.9 Å². The molecule has 1 aromatic heterocycles.